The van der Waals surface area contributed by atoms with Gasteiger partial charge in [0.15, 0.2) is 5.69 Å². The number of nitrogens with one attached hydrogen (secondary N) is 1. The molecule has 2 heterocycles. The molecule has 9 heteroatoms. The Morgan fingerprint density at radius 1 is 1.21 bits per heavy atom. The number of piperidine rings is 1. The summed E-state index contributed by atoms with van der Waals surface area (Å²) in [6.45, 7) is 0.287. The van der Waals surface area contributed by atoms with E-state index in [0.29, 0.717) is 25.9 Å². The predicted octanol–water partition coefficient (Wildman–Crippen LogP) is 1.76. The maximum absolute atomic E-state index is 13.8. The summed E-state index contributed by atoms with van der Waals surface area (Å²) in [5.41, 5.74) is 0.513. The number of benzene rings is 1. The Kier molecular flexibility index (Phi) is 6.06. The lowest BCUT2D eigenvalue weighted by molar-refractivity contribution is -0.135. The second-order valence-electron chi connectivity index (χ2n) is 6.76. The number of halogens is 1. The molecule has 0 bridgehead atoms. The largest absolute Gasteiger partial charge is 0.505 e. The summed E-state index contributed by atoms with van der Waals surface area (Å²) in [6, 6.07) is 7.29. The van der Waals surface area contributed by atoms with Crippen LogP contribution in [0.1, 0.15) is 45.2 Å². The van der Waals surface area contributed by atoms with Crippen molar-refractivity contribution in [3.05, 3.63) is 59.2 Å². The molecule has 1 saturated heterocycles. The van der Waals surface area contributed by atoms with E-state index in [-0.39, 0.29) is 28.8 Å². The third-order valence-corrected chi connectivity index (χ3v) is 4.86. The van der Waals surface area contributed by atoms with Gasteiger partial charge in [-0.25, -0.2) is 9.37 Å². The van der Waals surface area contributed by atoms with Crippen LogP contribution in [0.3, 0.4) is 0 Å². The van der Waals surface area contributed by atoms with Gasteiger partial charge in [-0.05, 0) is 42.5 Å². The molecule has 0 aliphatic carbocycles. The Balaban J connectivity index is 1.63. The first-order valence-corrected chi connectivity index (χ1v) is 9.09. The van der Waals surface area contributed by atoms with Crippen LogP contribution in [-0.2, 0) is 4.79 Å². The summed E-state index contributed by atoms with van der Waals surface area (Å²) < 4.78 is 13.8. The first kappa shape index (κ1) is 20.2. The molecule has 0 spiro atoms. The Labute approximate surface area is 166 Å². The zero-order valence-electron chi connectivity index (χ0n) is 15.5. The van der Waals surface area contributed by atoms with Crippen molar-refractivity contribution in [2.24, 2.45) is 0 Å². The van der Waals surface area contributed by atoms with E-state index >= 15 is 0 Å². The number of carbonyl (C=O) groups excluding carboxylic acids is 2. The number of carboxylic acids is 1. The number of hydrogen-bond donors (Lipinski definition) is 3. The van der Waals surface area contributed by atoms with Crippen LogP contribution in [0.15, 0.2) is 36.5 Å². The van der Waals surface area contributed by atoms with Crippen LogP contribution in [0.25, 0.3) is 0 Å². The van der Waals surface area contributed by atoms with Gasteiger partial charge in [0.05, 0.1) is 5.56 Å². The molecule has 0 radical (unpaired) electrons. The van der Waals surface area contributed by atoms with Crippen LogP contribution in [0.4, 0.5) is 4.39 Å². The van der Waals surface area contributed by atoms with Gasteiger partial charge < -0.3 is 20.4 Å². The standard InChI is InChI=1S/C20H20FN3O5/c21-15-4-2-1-3-14(15)20(29)24-7-5-12(6-8-24)13-9-16(25)18(22-10-13)19(28)23-11-17(26)27/h1-4,9-10,12,25H,5-8,11H2,(H,23,28)(H,26,27). The molecule has 1 aromatic carbocycles. The molecule has 2 aromatic rings. The average Bonchev–Trinajstić information content (AvgIpc) is 2.72. The average molecular weight is 401 g/mol. The first-order chi connectivity index (χ1) is 13.9. The van der Waals surface area contributed by atoms with Crippen LogP contribution in [0.2, 0.25) is 0 Å². The van der Waals surface area contributed by atoms with Crippen molar-refractivity contribution < 1.29 is 29.0 Å². The van der Waals surface area contributed by atoms with Crippen LogP contribution >= 0.6 is 0 Å². The van der Waals surface area contributed by atoms with Gasteiger partial charge in [-0.3, -0.25) is 14.4 Å². The number of nitrogens with zero attached hydrogens (tertiary/aromatic N) is 2. The third-order valence-electron chi connectivity index (χ3n) is 4.86. The summed E-state index contributed by atoms with van der Waals surface area (Å²) in [5, 5.41) is 20.8. The Morgan fingerprint density at radius 2 is 1.90 bits per heavy atom. The second-order valence-corrected chi connectivity index (χ2v) is 6.76. The number of hydrogen-bond acceptors (Lipinski definition) is 5. The number of aliphatic carboxylic acids is 1. The zero-order valence-corrected chi connectivity index (χ0v) is 15.5. The van der Waals surface area contributed by atoms with Crippen LogP contribution < -0.4 is 5.32 Å². The SMILES string of the molecule is O=C(O)CNC(=O)c1ncc(C2CCN(C(=O)c3ccccc3F)CC2)cc1O. The minimum absolute atomic E-state index is 0.0224. The highest BCUT2D eigenvalue weighted by Crippen LogP contribution is 2.31. The van der Waals surface area contributed by atoms with Gasteiger partial charge in [0, 0.05) is 19.3 Å². The lowest BCUT2D eigenvalue weighted by Gasteiger charge is -2.32. The molecular weight excluding hydrogens is 381 g/mol. The van der Waals surface area contributed by atoms with Crippen molar-refractivity contribution in [2.45, 2.75) is 18.8 Å². The molecule has 8 nitrogen and oxygen atoms in total. The van der Waals surface area contributed by atoms with E-state index in [1.807, 2.05) is 0 Å². The fraction of sp³-hybridized carbons (Fsp3) is 0.300. The van der Waals surface area contributed by atoms with Gasteiger partial charge in [-0.15, -0.1) is 0 Å². The number of carboxylic acid groups (broad SMARTS) is 1. The van der Waals surface area contributed by atoms with E-state index in [0.717, 1.165) is 5.56 Å². The van der Waals surface area contributed by atoms with Crippen LogP contribution in [-0.4, -0.2) is 57.5 Å². The van der Waals surface area contributed by atoms with Crippen molar-refractivity contribution in [1.29, 1.82) is 0 Å². The maximum atomic E-state index is 13.8. The number of rotatable bonds is 5. The molecular formula is C20H20FN3O5. The summed E-state index contributed by atoms with van der Waals surface area (Å²) >= 11 is 0. The minimum atomic E-state index is -1.20. The first-order valence-electron chi connectivity index (χ1n) is 9.09. The minimum Gasteiger partial charge on any atom is -0.505 e. The highest BCUT2D eigenvalue weighted by atomic mass is 19.1. The fourth-order valence-corrected chi connectivity index (χ4v) is 3.33. The molecule has 2 amide bonds. The van der Waals surface area contributed by atoms with Gasteiger partial charge in [0.1, 0.15) is 18.1 Å². The summed E-state index contributed by atoms with van der Waals surface area (Å²) in [6.07, 6.45) is 2.67. The van der Waals surface area contributed by atoms with E-state index in [1.165, 1.54) is 30.5 Å². The van der Waals surface area contributed by atoms with Crippen molar-refractivity contribution >= 4 is 17.8 Å². The molecule has 1 aliphatic rings. The molecule has 1 aliphatic heterocycles. The predicted molar refractivity (Wildman–Crippen MR) is 100 cm³/mol. The number of aromatic nitrogens is 1. The van der Waals surface area contributed by atoms with Crippen molar-refractivity contribution in [3.8, 4) is 5.75 Å². The van der Waals surface area contributed by atoms with E-state index in [9.17, 15) is 23.9 Å². The monoisotopic (exact) mass is 401 g/mol. The fourth-order valence-electron chi connectivity index (χ4n) is 3.33. The normalized spacial score (nSPS) is 14.4. The number of carbonyl (C=O) groups is 3. The molecule has 29 heavy (non-hydrogen) atoms. The smallest absolute Gasteiger partial charge is 0.322 e. The molecule has 3 N–H and O–H groups in total. The van der Waals surface area contributed by atoms with E-state index in [2.05, 4.69) is 10.3 Å². The highest BCUT2D eigenvalue weighted by Gasteiger charge is 2.27. The second kappa shape index (κ2) is 8.68. The number of amides is 2. The maximum Gasteiger partial charge on any atom is 0.322 e. The summed E-state index contributed by atoms with van der Waals surface area (Å²) in [4.78, 5) is 40.4. The Hall–Kier alpha value is -3.49. The van der Waals surface area contributed by atoms with Gasteiger partial charge in [-0.1, -0.05) is 12.1 Å². The Bertz CT molecular complexity index is 941. The quantitative estimate of drug-likeness (QED) is 0.702. The lowest BCUT2D eigenvalue weighted by Crippen LogP contribution is -2.38. The highest BCUT2D eigenvalue weighted by molar-refractivity contribution is 5.96. The van der Waals surface area contributed by atoms with E-state index in [4.69, 9.17) is 5.11 Å². The van der Waals surface area contributed by atoms with Gasteiger partial charge in [0.25, 0.3) is 11.8 Å². The third kappa shape index (κ3) is 4.68. The number of pyridine rings is 1. The molecule has 3 rings (SSSR count). The van der Waals surface area contributed by atoms with Crippen LogP contribution in [0.5, 0.6) is 5.75 Å². The number of likely N-dealkylation sites (tertiary alicyclic amines) is 1. The van der Waals surface area contributed by atoms with E-state index < -0.39 is 24.2 Å². The van der Waals surface area contributed by atoms with Crippen molar-refractivity contribution in [3.63, 3.8) is 0 Å². The number of aromatic hydroxyl groups is 1. The van der Waals surface area contributed by atoms with Gasteiger partial charge >= 0.3 is 5.97 Å². The summed E-state index contributed by atoms with van der Waals surface area (Å²) in [5.74, 6) is -3.20. The molecule has 0 atom stereocenters. The molecule has 0 saturated carbocycles. The van der Waals surface area contributed by atoms with Gasteiger partial charge in [-0.2, -0.15) is 0 Å². The Morgan fingerprint density at radius 3 is 2.52 bits per heavy atom. The topological polar surface area (TPSA) is 120 Å². The lowest BCUT2D eigenvalue weighted by atomic mass is 9.90. The summed E-state index contributed by atoms with van der Waals surface area (Å²) in [7, 11) is 0. The molecule has 0 unspecified atom stereocenters. The molecule has 1 aromatic heterocycles. The molecule has 1 fully saturated rings. The van der Waals surface area contributed by atoms with Crippen molar-refractivity contribution in [2.75, 3.05) is 19.6 Å². The van der Waals surface area contributed by atoms with E-state index in [1.54, 1.807) is 11.0 Å². The molecule has 152 valence electrons. The van der Waals surface area contributed by atoms with Crippen LogP contribution in [0, 0.1) is 5.82 Å². The van der Waals surface area contributed by atoms with Gasteiger partial charge in [0.2, 0.25) is 0 Å². The zero-order chi connectivity index (χ0) is 21.0. The van der Waals surface area contributed by atoms with Crippen molar-refractivity contribution in [1.82, 2.24) is 15.2 Å².